The number of likely N-dealkylation sites (N-methyl/N-ethyl adjacent to an activating group) is 1. The molecular formula is C23H28N2O6. The van der Waals surface area contributed by atoms with Crippen LogP contribution in [0.25, 0.3) is 0 Å². The highest BCUT2D eigenvalue weighted by Gasteiger charge is 2.64. The molecule has 6 unspecified atom stereocenters. The molecule has 0 heterocycles. The zero-order valence-electron chi connectivity index (χ0n) is 17.9. The number of benzene rings is 1. The molecule has 1 aromatic carbocycles. The maximum absolute atomic E-state index is 13.6. The highest BCUT2D eigenvalue weighted by Crippen LogP contribution is 2.52. The number of aliphatic hydroxyl groups is 1. The molecule has 6 atom stereocenters. The lowest BCUT2D eigenvalue weighted by atomic mass is 9.52. The van der Waals surface area contributed by atoms with Gasteiger partial charge in [-0.05, 0) is 56.5 Å². The largest absolute Gasteiger partial charge is 0.507 e. The Bertz CT molecular complexity index is 1000. The van der Waals surface area contributed by atoms with E-state index in [1.54, 1.807) is 25.1 Å². The first-order valence-corrected chi connectivity index (χ1v) is 10.7. The van der Waals surface area contributed by atoms with E-state index in [9.17, 15) is 29.4 Å². The molecule has 3 aliphatic rings. The number of aromatic hydroxyl groups is 1. The minimum Gasteiger partial charge on any atom is -0.507 e. The fourth-order valence-electron chi connectivity index (χ4n) is 6.11. The fraction of sp³-hybridized carbons (Fsp3) is 0.565. The number of amides is 1. The Morgan fingerprint density at radius 1 is 1.26 bits per heavy atom. The maximum atomic E-state index is 13.6. The van der Waals surface area contributed by atoms with Gasteiger partial charge in [-0.25, -0.2) is 0 Å². The van der Waals surface area contributed by atoms with Crippen LogP contribution in [0.15, 0.2) is 12.1 Å². The lowest BCUT2D eigenvalue weighted by molar-refractivity contribution is -0.176. The van der Waals surface area contributed by atoms with Crippen molar-refractivity contribution in [2.45, 2.75) is 44.2 Å². The van der Waals surface area contributed by atoms with E-state index < -0.39 is 59.1 Å². The van der Waals surface area contributed by atoms with E-state index in [0.29, 0.717) is 12.8 Å². The van der Waals surface area contributed by atoms with Crippen molar-refractivity contribution in [2.75, 3.05) is 14.1 Å². The number of rotatable bonds is 3. The Hall–Kier alpha value is -2.58. The van der Waals surface area contributed by atoms with Gasteiger partial charge < -0.3 is 15.9 Å². The van der Waals surface area contributed by atoms with Gasteiger partial charge in [0.25, 0.3) is 0 Å². The maximum Gasteiger partial charge on any atom is 0.228 e. The molecule has 8 nitrogen and oxygen atoms in total. The van der Waals surface area contributed by atoms with Crippen molar-refractivity contribution in [3.05, 3.63) is 28.8 Å². The average molecular weight is 428 g/mol. The second kappa shape index (κ2) is 7.24. The standard InChI is InChI=1S/C23H28N2O6/c1-4-10-5-6-15(26)17-12(10)7-11-8-14-18(25(2)3)19(27)13(22(24)30)9-23(14,31)21(29)16(11)20(17)28/h5-6,11,13-14,16,18,26,31H,4,7-9H2,1-3H3,(H2,24,30). The number of nitrogens with zero attached hydrogens (tertiary/aromatic N) is 1. The van der Waals surface area contributed by atoms with Crippen molar-refractivity contribution in [1.29, 1.82) is 0 Å². The fourth-order valence-corrected chi connectivity index (χ4v) is 6.11. The quantitative estimate of drug-likeness (QED) is 0.587. The molecule has 8 heteroatoms. The highest BCUT2D eigenvalue weighted by molar-refractivity contribution is 6.17. The van der Waals surface area contributed by atoms with Crippen molar-refractivity contribution < 1.29 is 29.4 Å². The zero-order chi connectivity index (χ0) is 22.8. The van der Waals surface area contributed by atoms with Crippen molar-refractivity contribution in [1.82, 2.24) is 4.90 Å². The topological polar surface area (TPSA) is 138 Å². The minimum atomic E-state index is -2.01. The number of nitrogens with two attached hydrogens (primary N) is 1. The molecular weight excluding hydrogens is 400 g/mol. The van der Waals surface area contributed by atoms with Gasteiger partial charge >= 0.3 is 0 Å². The molecule has 0 bridgehead atoms. The van der Waals surface area contributed by atoms with E-state index in [1.165, 1.54) is 6.07 Å². The summed E-state index contributed by atoms with van der Waals surface area (Å²) in [5.41, 5.74) is 5.24. The zero-order valence-corrected chi connectivity index (χ0v) is 17.9. The molecule has 31 heavy (non-hydrogen) atoms. The molecule has 2 fully saturated rings. The first kappa shape index (κ1) is 21.6. The van der Waals surface area contributed by atoms with Crippen LogP contribution in [0.5, 0.6) is 5.75 Å². The highest BCUT2D eigenvalue weighted by atomic mass is 16.3. The number of phenolic OH excluding ortho intramolecular Hbond substituents is 1. The summed E-state index contributed by atoms with van der Waals surface area (Å²) in [5.74, 6) is -6.14. The van der Waals surface area contributed by atoms with Gasteiger partial charge in [-0.3, -0.25) is 24.1 Å². The van der Waals surface area contributed by atoms with Gasteiger partial charge in [0, 0.05) is 12.3 Å². The lowest BCUT2D eigenvalue weighted by Gasteiger charge is -2.53. The number of aryl methyl sites for hydroxylation is 1. The third-order valence-electron chi connectivity index (χ3n) is 7.55. The second-order valence-corrected chi connectivity index (χ2v) is 9.36. The molecule has 166 valence electrons. The van der Waals surface area contributed by atoms with Gasteiger partial charge in [0.05, 0.1) is 17.5 Å². The summed E-state index contributed by atoms with van der Waals surface area (Å²) in [6.45, 7) is 1.96. The van der Waals surface area contributed by atoms with Gasteiger partial charge in [-0.15, -0.1) is 0 Å². The number of hydrogen-bond acceptors (Lipinski definition) is 7. The van der Waals surface area contributed by atoms with Crippen LogP contribution in [-0.4, -0.2) is 64.1 Å². The van der Waals surface area contributed by atoms with Gasteiger partial charge in [0.2, 0.25) is 5.91 Å². The smallest absolute Gasteiger partial charge is 0.228 e. The Kier molecular flexibility index (Phi) is 5.05. The Balaban J connectivity index is 1.83. The van der Waals surface area contributed by atoms with Crippen molar-refractivity contribution >= 4 is 23.3 Å². The predicted octanol–water partition coefficient (Wildman–Crippen LogP) is 0.250. The molecule has 0 aliphatic heterocycles. The van der Waals surface area contributed by atoms with Crippen LogP contribution >= 0.6 is 0 Å². The minimum absolute atomic E-state index is 0.151. The summed E-state index contributed by atoms with van der Waals surface area (Å²) in [6, 6.07) is 2.39. The van der Waals surface area contributed by atoms with E-state index >= 15 is 0 Å². The molecule has 4 N–H and O–H groups in total. The number of carbonyl (C=O) groups excluding carboxylic acids is 4. The molecule has 2 saturated carbocycles. The third-order valence-corrected chi connectivity index (χ3v) is 7.55. The second-order valence-electron chi connectivity index (χ2n) is 9.36. The number of fused-ring (bicyclic) bond motifs is 3. The number of Topliss-reactive ketones (excluding diaryl/α,β-unsaturated/α-hetero) is 3. The van der Waals surface area contributed by atoms with E-state index in [2.05, 4.69) is 0 Å². The molecule has 0 spiro atoms. The Morgan fingerprint density at radius 2 is 1.94 bits per heavy atom. The molecule has 3 aliphatic carbocycles. The van der Waals surface area contributed by atoms with Crippen LogP contribution in [0.2, 0.25) is 0 Å². The number of primary amides is 1. The van der Waals surface area contributed by atoms with Gasteiger partial charge in [0.1, 0.15) is 17.3 Å². The van der Waals surface area contributed by atoms with E-state index in [4.69, 9.17) is 5.73 Å². The van der Waals surface area contributed by atoms with Gasteiger partial charge in [-0.2, -0.15) is 0 Å². The molecule has 1 amide bonds. The molecule has 0 saturated heterocycles. The lowest BCUT2D eigenvalue weighted by Crippen LogP contribution is -2.69. The summed E-state index contributed by atoms with van der Waals surface area (Å²) < 4.78 is 0. The van der Waals surface area contributed by atoms with Crippen molar-refractivity contribution in [3.63, 3.8) is 0 Å². The van der Waals surface area contributed by atoms with Crippen LogP contribution in [0.1, 0.15) is 41.3 Å². The van der Waals surface area contributed by atoms with Crippen molar-refractivity contribution in [2.24, 2.45) is 29.4 Å². The average Bonchev–Trinajstić information content (AvgIpc) is 2.69. The molecule has 0 radical (unpaired) electrons. The number of carbonyl (C=O) groups is 4. The summed E-state index contributed by atoms with van der Waals surface area (Å²) in [6.07, 6.45) is 0.971. The van der Waals surface area contributed by atoms with Gasteiger partial charge in [0.15, 0.2) is 17.3 Å². The summed E-state index contributed by atoms with van der Waals surface area (Å²) in [7, 11) is 3.33. The third kappa shape index (κ3) is 2.96. The van der Waals surface area contributed by atoms with E-state index in [1.807, 2.05) is 6.92 Å². The number of phenols is 1. The number of hydrogen-bond donors (Lipinski definition) is 3. The first-order valence-electron chi connectivity index (χ1n) is 10.7. The van der Waals surface area contributed by atoms with E-state index in [-0.39, 0.29) is 23.7 Å². The Morgan fingerprint density at radius 3 is 2.52 bits per heavy atom. The molecule has 4 rings (SSSR count). The summed E-state index contributed by atoms with van der Waals surface area (Å²) in [5, 5.41) is 21.9. The van der Waals surface area contributed by atoms with Crippen molar-refractivity contribution in [3.8, 4) is 5.75 Å². The van der Waals surface area contributed by atoms with Gasteiger partial charge in [-0.1, -0.05) is 13.0 Å². The van der Waals surface area contributed by atoms with Crippen LogP contribution < -0.4 is 5.73 Å². The normalized spacial score (nSPS) is 34.9. The SMILES string of the molecule is CCc1ccc(O)c2c1CC1CC3C(N(C)C)C(=O)C(C(N)=O)CC3(O)C(=O)C1C2=O. The van der Waals surface area contributed by atoms with Crippen LogP contribution in [0.4, 0.5) is 0 Å². The molecule has 0 aromatic heterocycles. The summed E-state index contributed by atoms with van der Waals surface area (Å²) in [4.78, 5) is 53.6. The predicted molar refractivity (Wildman–Crippen MR) is 110 cm³/mol. The van der Waals surface area contributed by atoms with Crippen LogP contribution in [0.3, 0.4) is 0 Å². The number of ketones is 3. The monoisotopic (exact) mass is 428 g/mol. The summed E-state index contributed by atoms with van der Waals surface area (Å²) >= 11 is 0. The van der Waals surface area contributed by atoms with Crippen LogP contribution in [-0.2, 0) is 27.2 Å². The Labute approximate surface area is 180 Å². The molecule has 1 aromatic rings. The van der Waals surface area contributed by atoms with E-state index in [0.717, 1.165) is 11.1 Å². The van der Waals surface area contributed by atoms with Crippen LogP contribution in [0, 0.1) is 23.7 Å². The first-order chi connectivity index (χ1) is 14.5.